The zero-order chi connectivity index (χ0) is 12.3. The van der Waals surface area contributed by atoms with Gasteiger partial charge in [-0.05, 0) is 32.0 Å². The van der Waals surface area contributed by atoms with Gasteiger partial charge >= 0.3 is 5.97 Å². The van der Waals surface area contributed by atoms with Gasteiger partial charge in [0, 0.05) is 15.7 Å². The van der Waals surface area contributed by atoms with E-state index in [1.165, 1.54) is 7.11 Å². The first-order chi connectivity index (χ1) is 7.35. The van der Waals surface area contributed by atoms with Crippen LogP contribution in [0.25, 0.3) is 0 Å². The lowest BCUT2D eigenvalue weighted by Crippen LogP contribution is -2.41. The van der Waals surface area contributed by atoms with Crippen molar-refractivity contribution in [2.75, 3.05) is 12.4 Å². The maximum atomic E-state index is 11.5. The molecule has 16 heavy (non-hydrogen) atoms. The van der Waals surface area contributed by atoms with Gasteiger partial charge in [-0.2, -0.15) is 0 Å². The van der Waals surface area contributed by atoms with E-state index in [2.05, 4.69) is 10.1 Å². The zero-order valence-electron chi connectivity index (χ0n) is 9.30. The minimum absolute atomic E-state index is 0.358. The van der Waals surface area contributed by atoms with Crippen LogP contribution in [0.1, 0.15) is 13.8 Å². The SMILES string of the molecule is COC(=O)C(C)(C)Nc1cc(Cl)cc(Cl)c1. The number of carbonyl (C=O) groups excluding carboxylic acids is 1. The van der Waals surface area contributed by atoms with E-state index in [-0.39, 0.29) is 5.97 Å². The van der Waals surface area contributed by atoms with Crippen molar-refractivity contribution in [3.8, 4) is 0 Å². The average molecular weight is 262 g/mol. The topological polar surface area (TPSA) is 38.3 Å². The fourth-order valence-electron chi connectivity index (χ4n) is 1.29. The summed E-state index contributed by atoms with van der Waals surface area (Å²) in [5, 5.41) is 4.03. The summed E-state index contributed by atoms with van der Waals surface area (Å²) in [5.74, 6) is -0.358. The van der Waals surface area contributed by atoms with Gasteiger partial charge in [0.2, 0.25) is 0 Å². The van der Waals surface area contributed by atoms with Crippen molar-refractivity contribution >= 4 is 34.9 Å². The third-order valence-corrected chi connectivity index (χ3v) is 2.45. The largest absolute Gasteiger partial charge is 0.467 e. The third kappa shape index (κ3) is 3.29. The Morgan fingerprint density at radius 1 is 1.25 bits per heavy atom. The molecule has 5 heteroatoms. The molecule has 0 aromatic heterocycles. The molecule has 0 unspecified atom stereocenters. The molecule has 0 aliphatic carbocycles. The van der Waals surface area contributed by atoms with E-state index in [9.17, 15) is 4.79 Å². The molecule has 3 nitrogen and oxygen atoms in total. The van der Waals surface area contributed by atoms with Gasteiger partial charge in [-0.25, -0.2) is 4.79 Å². The number of halogens is 2. The van der Waals surface area contributed by atoms with Gasteiger partial charge in [-0.1, -0.05) is 23.2 Å². The molecule has 0 spiro atoms. The first kappa shape index (κ1) is 13.1. The molecule has 0 fully saturated rings. The molecular weight excluding hydrogens is 249 g/mol. The number of hydrogen-bond donors (Lipinski definition) is 1. The number of esters is 1. The lowest BCUT2D eigenvalue weighted by molar-refractivity contribution is -0.144. The molecule has 0 amide bonds. The van der Waals surface area contributed by atoms with Crippen molar-refractivity contribution in [1.82, 2.24) is 0 Å². The lowest BCUT2D eigenvalue weighted by atomic mass is 10.1. The predicted molar refractivity (Wildman–Crippen MR) is 66.2 cm³/mol. The molecule has 0 radical (unpaired) electrons. The summed E-state index contributed by atoms with van der Waals surface area (Å²) in [6, 6.07) is 5.01. The van der Waals surface area contributed by atoms with Crippen molar-refractivity contribution in [3.63, 3.8) is 0 Å². The number of methoxy groups -OCH3 is 1. The standard InChI is InChI=1S/C11H13Cl2NO2/c1-11(2,10(15)16-3)14-9-5-7(12)4-8(13)6-9/h4-6,14H,1-3H3. The number of ether oxygens (including phenoxy) is 1. The van der Waals surface area contributed by atoms with Crippen LogP contribution in [-0.2, 0) is 9.53 Å². The van der Waals surface area contributed by atoms with Crippen molar-refractivity contribution in [2.24, 2.45) is 0 Å². The monoisotopic (exact) mass is 261 g/mol. The molecule has 0 aliphatic rings. The summed E-state index contributed by atoms with van der Waals surface area (Å²) in [4.78, 5) is 11.5. The van der Waals surface area contributed by atoms with Crippen molar-refractivity contribution in [1.29, 1.82) is 0 Å². The van der Waals surface area contributed by atoms with E-state index >= 15 is 0 Å². The van der Waals surface area contributed by atoms with Gasteiger partial charge in [-0.15, -0.1) is 0 Å². The maximum Gasteiger partial charge on any atom is 0.330 e. The molecule has 1 N–H and O–H groups in total. The molecule has 0 heterocycles. The fraction of sp³-hybridized carbons (Fsp3) is 0.364. The van der Waals surface area contributed by atoms with E-state index < -0.39 is 5.54 Å². The molecule has 1 rings (SSSR count). The summed E-state index contributed by atoms with van der Waals surface area (Å²) in [5.41, 5.74) is -0.157. The minimum Gasteiger partial charge on any atom is -0.467 e. The summed E-state index contributed by atoms with van der Waals surface area (Å²) in [6.45, 7) is 3.43. The Morgan fingerprint density at radius 2 is 1.75 bits per heavy atom. The Hall–Kier alpha value is -0.930. The highest BCUT2D eigenvalue weighted by Gasteiger charge is 2.28. The Balaban J connectivity index is 2.91. The number of carbonyl (C=O) groups is 1. The highest BCUT2D eigenvalue weighted by molar-refractivity contribution is 6.35. The van der Waals surface area contributed by atoms with Crippen molar-refractivity contribution in [2.45, 2.75) is 19.4 Å². The van der Waals surface area contributed by atoms with Crippen LogP contribution in [0, 0.1) is 0 Å². The van der Waals surface area contributed by atoms with E-state index in [0.29, 0.717) is 15.7 Å². The summed E-state index contributed by atoms with van der Waals surface area (Å²) in [7, 11) is 1.34. The van der Waals surface area contributed by atoms with Crippen molar-refractivity contribution < 1.29 is 9.53 Å². The molecule has 1 aromatic rings. The van der Waals surface area contributed by atoms with Crippen LogP contribution in [0.3, 0.4) is 0 Å². The summed E-state index contributed by atoms with van der Waals surface area (Å²) >= 11 is 11.7. The van der Waals surface area contributed by atoms with Crippen LogP contribution in [0.4, 0.5) is 5.69 Å². The highest BCUT2D eigenvalue weighted by atomic mass is 35.5. The third-order valence-electron chi connectivity index (χ3n) is 2.02. The van der Waals surface area contributed by atoms with Gasteiger partial charge in [0.05, 0.1) is 7.11 Å². The normalized spacial score (nSPS) is 11.1. The minimum atomic E-state index is -0.831. The number of anilines is 1. The maximum absolute atomic E-state index is 11.5. The first-order valence-corrected chi connectivity index (χ1v) is 5.43. The van der Waals surface area contributed by atoms with Crippen molar-refractivity contribution in [3.05, 3.63) is 28.2 Å². The van der Waals surface area contributed by atoms with E-state index in [1.807, 2.05) is 0 Å². The second kappa shape index (κ2) is 4.93. The van der Waals surface area contributed by atoms with Gasteiger partial charge in [0.1, 0.15) is 5.54 Å². The Kier molecular flexibility index (Phi) is 4.05. The van der Waals surface area contributed by atoms with Gasteiger partial charge < -0.3 is 10.1 Å². The smallest absolute Gasteiger partial charge is 0.330 e. The predicted octanol–water partition coefficient (Wildman–Crippen LogP) is 3.36. The second-order valence-electron chi connectivity index (χ2n) is 3.90. The number of hydrogen-bond acceptors (Lipinski definition) is 3. The second-order valence-corrected chi connectivity index (χ2v) is 4.77. The quantitative estimate of drug-likeness (QED) is 0.849. The molecule has 0 saturated heterocycles. The average Bonchev–Trinajstić information content (AvgIpc) is 2.13. The van der Waals surface area contributed by atoms with Crippen LogP contribution >= 0.6 is 23.2 Å². The van der Waals surface area contributed by atoms with Crippen LogP contribution < -0.4 is 5.32 Å². The van der Waals surface area contributed by atoms with E-state index in [0.717, 1.165) is 0 Å². The number of benzene rings is 1. The molecular formula is C11H13Cl2NO2. The van der Waals surface area contributed by atoms with Gasteiger partial charge in [0.25, 0.3) is 0 Å². The number of rotatable bonds is 3. The Morgan fingerprint density at radius 3 is 2.19 bits per heavy atom. The molecule has 0 aliphatic heterocycles. The van der Waals surface area contributed by atoms with Crippen LogP contribution in [-0.4, -0.2) is 18.6 Å². The highest BCUT2D eigenvalue weighted by Crippen LogP contribution is 2.25. The lowest BCUT2D eigenvalue weighted by Gasteiger charge is -2.24. The van der Waals surface area contributed by atoms with Crippen LogP contribution in [0.2, 0.25) is 10.0 Å². The molecule has 0 saturated carbocycles. The fourth-order valence-corrected chi connectivity index (χ4v) is 1.82. The first-order valence-electron chi connectivity index (χ1n) is 4.68. The number of nitrogens with one attached hydrogen (secondary N) is 1. The van der Waals surface area contributed by atoms with E-state index in [4.69, 9.17) is 23.2 Å². The van der Waals surface area contributed by atoms with Crippen LogP contribution in [0.5, 0.6) is 0 Å². The summed E-state index contributed by atoms with van der Waals surface area (Å²) in [6.07, 6.45) is 0. The Labute approximate surface area is 105 Å². The molecule has 0 atom stereocenters. The summed E-state index contributed by atoms with van der Waals surface area (Å²) < 4.78 is 4.68. The molecule has 88 valence electrons. The molecule has 0 bridgehead atoms. The van der Waals surface area contributed by atoms with Crippen LogP contribution in [0.15, 0.2) is 18.2 Å². The Bertz CT molecular complexity index is 385. The van der Waals surface area contributed by atoms with Gasteiger partial charge in [-0.3, -0.25) is 0 Å². The zero-order valence-corrected chi connectivity index (χ0v) is 10.8. The van der Waals surface area contributed by atoms with Gasteiger partial charge in [0.15, 0.2) is 0 Å². The van der Waals surface area contributed by atoms with E-state index in [1.54, 1.807) is 32.0 Å². The molecule has 1 aromatic carbocycles.